The highest BCUT2D eigenvalue weighted by atomic mass is 79.9. The van der Waals surface area contributed by atoms with Gasteiger partial charge in [-0.15, -0.1) is 11.3 Å². The van der Waals surface area contributed by atoms with E-state index in [0.29, 0.717) is 31.0 Å². The number of rotatable bonds is 4. The number of esters is 1. The van der Waals surface area contributed by atoms with E-state index >= 15 is 0 Å². The second kappa shape index (κ2) is 7.65. The van der Waals surface area contributed by atoms with Crippen molar-refractivity contribution >= 4 is 50.6 Å². The Kier molecular flexibility index (Phi) is 5.22. The Morgan fingerprint density at radius 3 is 2.89 bits per heavy atom. The molecule has 6 nitrogen and oxygen atoms in total. The molecule has 4 rings (SSSR count). The number of furan rings is 1. The largest absolute Gasteiger partial charge is 0.463 e. The minimum atomic E-state index is -0.555. The van der Waals surface area contributed by atoms with Crippen LogP contribution in [0, 0.1) is 0 Å². The van der Waals surface area contributed by atoms with Gasteiger partial charge in [0.05, 0.1) is 22.4 Å². The molecule has 0 amide bonds. The van der Waals surface area contributed by atoms with Crippen molar-refractivity contribution in [2.75, 3.05) is 6.61 Å². The van der Waals surface area contributed by atoms with Gasteiger partial charge in [0.15, 0.2) is 9.47 Å². The van der Waals surface area contributed by atoms with Crippen molar-refractivity contribution in [3.05, 3.63) is 75.9 Å². The normalized spacial score (nSPS) is 16.8. The molecule has 0 N–H and O–H groups in total. The highest BCUT2D eigenvalue weighted by Crippen LogP contribution is 2.33. The van der Waals surface area contributed by atoms with E-state index in [2.05, 4.69) is 20.9 Å². The molecule has 4 heterocycles. The minimum Gasteiger partial charge on any atom is -0.463 e. The van der Waals surface area contributed by atoms with Crippen LogP contribution >= 0.6 is 38.6 Å². The summed E-state index contributed by atoms with van der Waals surface area (Å²) in [5, 5.41) is 1.92. The Bertz CT molecular complexity index is 1250. The molecule has 1 atom stereocenters. The Hall–Kier alpha value is -2.23. The molecule has 0 fully saturated rings. The molecule has 28 heavy (non-hydrogen) atoms. The number of nitrogens with zero attached hydrogens (tertiary/aromatic N) is 2. The molecule has 3 aromatic rings. The van der Waals surface area contributed by atoms with Crippen LogP contribution in [0.15, 0.2) is 59.8 Å². The van der Waals surface area contributed by atoms with Gasteiger partial charge in [0, 0.05) is 11.0 Å². The quantitative estimate of drug-likeness (QED) is 0.539. The third-order valence-electron chi connectivity index (χ3n) is 4.20. The average Bonchev–Trinajstić information content (AvgIpc) is 3.37. The molecule has 0 spiro atoms. The molecule has 0 bridgehead atoms. The Labute approximate surface area is 176 Å². The molecule has 9 heteroatoms. The first-order valence-corrected chi connectivity index (χ1v) is 11.0. The fourth-order valence-electron chi connectivity index (χ4n) is 3.04. The van der Waals surface area contributed by atoms with Crippen molar-refractivity contribution in [1.82, 2.24) is 4.57 Å². The number of halogens is 1. The van der Waals surface area contributed by atoms with Gasteiger partial charge in [-0.2, -0.15) is 0 Å². The van der Waals surface area contributed by atoms with Gasteiger partial charge in [0.2, 0.25) is 0 Å². The zero-order valence-corrected chi connectivity index (χ0v) is 18.2. The molecule has 1 unspecified atom stereocenters. The predicted molar refractivity (Wildman–Crippen MR) is 111 cm³/mol. The van der Waals surface area contributed by atoms with Crippen LogP contribution < -0.4 is 14.9 Å². The SMILES string of the molecule is CCOC(=O)C1=C(C)N=c2s/c(=C/c3ccc(Br)o3)c(=O)n2C1c1cccs1. The number of carbonyl (C=O) groups is 1. The van der Waals surface area contributed by atoms with E-state index < -0.39 is 12.0 Å². The lowest BCUT2D eigenvalue weighted by atomic mass is 10.0. The van der Waals surface area contributed by atoms with Crippen LogP contribution in [0.25, 0.3) is 6.08 Å². The van der Waals surface area contributed by atoms with Crippen LogP contribution in [0.4, 0.5) is 0 Å². The monoisotopic (exact) mass is 478 g/mol. The van der Waals surface area contributed by atoms with E-state index in [0.717, 1.165) is 4.88 Å². The number of fused-ring (bicyclic) bond motifs is 1. The highest BCUT2D eigenvalue weighted by Gasteiger charge is 2.33. The summed E-state index contributed by atoms with van der Waals surface area (Å²) in [6, 6.07) is 6.79. The summed E-state index contributed by atoms with van der Waals surface area (Å²) in [6.45, 7) is 3.78. The van der Waals surface area contributed by atoms with Gasteiger partial charge in [-0.05, 0) is 53.4 Å². The molecule has 1 aliphatic rings. The van der Waals surface area contributed by atoms with Crippen LogP contribution in [-0.4, -0.2) is 17.1 Å². The number of allylic oxidation sites excluding steroid dienone is 1. The number of ether oxygens (including phenoxy) is 1. The number of thiazole rings is 1. The smallest absolute Gasteiger partial charge is 0.338 e. The lowest BCUT2D eigenvalue weighted by Gasteiger charge is -2.23. The van der Waals surface area contributed by atoms with E-state index in [9.17, 15) is 9.59 Å². The fraction of sp³-hybridized carbons (Fsp3) is 0.211. The average molecular weight is 479 g/mol. The van der Waals surface area contributed by atoms with Crippen LogP contribution in [0.2, 0.25) is 0 Å². The number of aromatic nitrogens is 1. The maximum absolute atomic E-state index is 13.2. The molecule has 3 aromatic heterocycles. The van der Waals surface area contributed by atoms with Crippen molar-refractivity contribution < 1.29 is 13.9 Å². The van der Waals surface area contributed by atoms with Gasteiger partial charge in [-0.1, -0.05) is 17.4 Å². The third kappa shape index (κ3) is 3.34. The molecule has 0 radical (unpaired) electrons. The lowest BCUT2D eigenvalue weighted by molar-refractivity contribution is -0.139. The van der Waals surface area contributed by atoms with Crippen molar-refractivity contribution in [2.24, 2.45) is 4.99 Å². The number of carbonyl (C=O) groups excluding carboxylic acids is 1. The van der Waals surface area contributed by atoms with Gasteiger partial charge in [0.25, 0.3) is 5.56 Å². The summed E-state index contributed by atoms with van der Waals surface area (Å²) in [5.74, 6) is 0.109. The molecule has 1 aliphatic heterocycles. The van der Waals surface area contributed by atoms with E-state index in [4.69, 9.17) is 9.15 Å². The topological polar surface area (TPSA) is 73.8 Å². The van der Waals surface area contributed by atoms with Crippen molar-refractivity contribution in [1.29, 1.82) is 0 Å². The summed E-state index contributed by atoms with van der Waals surface area (Å²) in [5.41, 5.74) is 0.735. The molecule has 144 valence electrons. The zero-order valence-electron chi connectivity index (χ0n) is 15.0. The maximum Gasteiger partial charge on any atom is 0.338 e. The van der Waals surface area contributed by atoms with Gasteiger partial charge in [0.1, 0.15) is 11.8 Å². The second-order valence-electron chi connectivity index (χ2n) is 5.96. The second-order valence-corrected chi connectivity index (χ2v) is 8.73. The van der Waals surface area contributed by atoms with E-state index in [1.807, 2.05) is 17.5 Å². The van der Waals surface area contributed by atoms with Crippen LogP contribution in [0.3, 0.4) is 0 Å². The standard InChI is InChI=1S/C19H15BrN2O4S2/c1-3-25-18(24)15-10(2)21-19-22(16(15)12-5-4-8-27-12)17(23)13(28-19)9-11-6-7-14(20)26-11/h4-9,16H,3H2,1-2H3/b13-9+. The van der Waals surface area contributed by atoms with E-state index in [1.165, 1.54) is 22.7 Å². The summed E-state index contributed by atoms with van der Waals surface area (Å²) >= 11 is 6.02. The molecule has 0 aromatic carbocycles. The molecule has 0 aliphatic carbocycles. The molecule has 0 saturated carbocycles. The first-order chi connectivity index (χ1) is 13.5. The van der Waals surface area contributed by atoms with Crippen LogP contribution in [-0.2, 0) is 9.53 Å². The molecule has 0 saturated heterocycles. The van der Waals surface area contributed by atoms with Gasteiger partial charge < -0.3 is 9.15 Å². The third-order valence-corrected chi connectivity index (χ3v) is 6.53. The van der Waals surface area contributed by atoms with Gasteiger partial charge >= 0.3 is 5.97 Å². The first-order valence-electron chi connectivity index (χ1n) is 8.48. The Balaban J connectivity index is 1.95. The summed E-state index contributed by atoms with van der Waals surface area (Å²) in [4.78, 5) is 31.8. The number of hydrogen-bond donors (Lipinski definition) is 0. The summed E-state index contributed by atoms with van der Waals surface area (Å²) in [7, 11) is 0. The van der Waals surface area contributed by atoms with Crippen molar-refractivity contribution in [2.45, 2.75) is 19.9 Å². The van der Waals surface area contributed by atoms with Crippen LogP contribution in [0.1, 0.15) is 30.5 Å². The van der Waals surface area contributed by atoms with E-state index in [-0.39, 0.29) is 12.2 Å². The van der Waals surface area contributed by atoms with E-state index in [1.54, 1.807) is 36.6 Å². The lowest BCUT2D eigenvalue weighted by Crippen LogP contribution is -2.39. The Morgan fingerprint density at radius 2 is 2.25 bits per heavy atom. The highest BCUT2D eigenvalue weighted by molar-refractivity contribution is 9.10. The molecular formula is C19H15BrN2O4S2. The maximum atomic E-state index is 13.2. The molecular weight excluding hydrogens is 464 g/mol. The summed E-state index contributed by atoms with van der Waals surface area (Å²) in [6.07, 6.45) is 1.68. The first kappa shape index (κ1) is 19.1. The number of thiophene rings is 1. The zero-order chi connectivity index (χ0) is 19.8. The predicted octanol–water partition coefficient (Wildman–Crippen LogP) is 3.22. The summed E-state index contributed by atoms with van der Waals surface area (Å²) < 4.78 is 13.4. The Morgan fingerprint density at radius 1 is 1.43 bits per heavy atom. The van der Waals surface area contributed by atoms with Crippen molar-refractivity contribution in [3.63, 3.8) is 0 Å². The fourth-order valence-corrected chi connectivity index (χ4v) is 5.21. The number of hydrogen-bond acceptors (Lipinski definition) is 7. The van der Waals surface area contributed by atoms with Gasteiger partial charge in [-0.3, -0.25) is 9.36 Å². The van der Waals surface area contributed by atoms with Crippen LogP contribution in [0.5, 0.6) is 0 Å². The van der Waals surface area contributed by atoms with Crippen molar-refractivity contribution in [3.8, 4) is 0 Å². The minimum absolute atomic E-state index is 0.219. The van der Waals surface area contributed by atoms with Gasteiger partial charge in [-0.25, -0.2) is 9.79 Å².